The van der Waals surface area contributed by atoms with Crippen LogP contribution in [-0.2, 0) is 33.9 Å². The fourth-order valence-corrected chi connectivity index (χ4v) is 4.11. The molecule has 30 heavy (non-hydrogen) atoms. The number of pyridine rings is 2. The monoisotopic (exact) mass is 408 g/mol. The maximum Gasteiger partial charge on any atom is 0.298 e. The first-order chi connectivity index (χ1) is 14.5. The van der Waals surface area contributed by atoms with Gasteiger partial charge >= 0.3 is 0 Å². The Morgan fingerprint density at radius 2 is 2.07 bits per heavy atom. The van der Waals surface area contributed by atoms with E-state index in [-0.39, 0.29) is 23.3 Å². The average Bonchev–Trinajstić information content (AvgIpc) is 3.12. The average molecular weight is 408 g/mol. The Bertz CT molecular complexity index is 1230. The molecule has 0 spiro atoms. The molecule has 0 bridgehead atoms. The number of aryl methyl sites for hydroxylation is 1. The van der Waals surface area contributed by atoms with Crippen LogP contribution < -0.4 is 10.3 Å². The van der Waals surface area contributed by atoms with Crippen molar-refractivity contribution < 1.29 is 24.2 Å². The normalized spacial score (nSPS) is 13.0. The van der Waals surface area contributed by atoms with Crippen LogP contribution >= 0.6 is 0 Å². The molecule has 3 heterocycles. The molecular weight excluding hydrogens is 388 g/mol. The Morgan fingerprint density at radius 1 is 1.27 bits per heavy atom. The molecule has 1 aromatic carbocycles. The molecule has 1 N–H and O–H groups in total. The lowest BCUT2D eigenvalue weighted by molar-refractivity contribution is -0.120. The van der Waals surface area contributed by atoms with E-state index in [4.69, 9.17) is 14.5 Å². The second kappa shape index (κ2) is 7.81. The van der Waals surface area contributed by atoms with Gasteiger partial charge < -0.3 is 23.9 Å². The van der Waals surface area contributed by atoms with Gasteiger partial charge in [-0.1, -0.05) is 6.92 Å². The zero-order valence-corrected chi connectivity index (χ0v) is 16.5. The van der Waals surface area contributed by atoms with Gasteiger partial charge in [-0.25, -0.2) is 4.98 Å². The third kappa shape index (κ3) is 3.01. The topological polar surface area (TPSA) is 108 Å². The number of benzene rings is 1. The molecule has 1 unspecified atom stereocenters. The Balaban J connectivity index is 2.00. The zero-order valence-electron chi connectivity index (χ0n) is 16.5. The van der Waals surface area contributed by atoms with Crippen molar-refractivity contribution in [2.45, 2.75) is 32.6 Å². The molecule has 0 saturated heterocycles. The molecule has 8 nitrogen and oxygen atoms in total. The van der Waals surface area contributed by atoms with Crippen LogP contribution in [0.4, 0.5) is 0 Å². The van der Waals surface area contributed by atoms with E-state index in [0.717, 1.165) is 16.5 Å². The predicted octanol–water partition coefficient (Wildman–Crippen LogP) is 1.90. The minimum Gasteiger partial charge on any atom is -0.429 e. The highest BCUT2D eigenvalue weighted by molar-refractivity contribution is 5.89. The largest absolute Gasteiger partial charge is 0.429 e. The number of aliphatic hydroxyl groups excluding tert-OH is 1. The number of rotatable bonds is 7. The lowest BCUT2D eigenvalue weighted by Gasteiger charge is -2.14. The zero-order chi connectivity index (χ0) is 21.4. The van der Waals surface area contributed by atoms with Gasteiger partial charge in [0.15, 0.2) is 6.29 Å². The molecule has 0 aliphatic carbocycles. The first kappa shape index (κ1) is 19.9. The Hall–Kier alpha value is -3.36. The summed E-state index contributed by atoms with van der Waals surface area (Å²) in [6.07, 6.45) is -0.351. The number of aromatic nitrogens is 2. The maximum atomic E-state index is 13.2. The van der Waals surface area contributed by atoms with E-state index in [9.17, 15) is 19.5 Å². The molecule has 0 fully saturated rings. The van der Waals surface area contributed by atoms with Crippen molar-refractivity contribution in [2.75, 3.05) is 7.11 Å². The van der Waals surface area contributed by atoms with Gasteiger partial charge in [-0.15, -0.1) is 0 Å². The second-order valence-electron chi connectivity index (χ2n) is 7.03. The molecule has 1 aliphatic rings. The fraction of sp³-hybridized carbons (Fsp3) is 0.273. The van der Waals surface area contributed by atoms with E-state index in [1.165, 1.54) is 7.11 Å². The highest BCUT2D eigenvalue weighted by Gasteiger charge is 2.29. The number of hydrogen-bond donors (Lipinski definition) is 1. The van der Waals surface area contributed by atoms with Crippen LogP contribution in [0.5, 0.6) is 5.75 Å². The summed E-state index contributed by atoms with van der Waals surface area (Å²) in [7, 11) is 1.45. The van der Waals surface area contributed by atoms with Gasteiger partial charge in [0.1, 0.15) is 11.9 Å². The van der Waals surface area contributed by atoms with Crippen LogP contribution in [0.1, 0.15) is 35.3 Å². The van der Waals surface area contributed by atoms with Crippen LogP contribution in [0.25, 0.3) is 22.3 Å². The van der Waals surface area contributed by atoms with Crippen molar-refractivity contribution in [3.05, 3.63) is 56.9 Å². The van der Waals surface area contributed by atoms with Gasteiger partial charge in [0.05, 0.1) is 30.1 Å². The number of carbonyl (C=O) groups is 2. The number of fused-ring (bicyclic) bond motifs is 4. The van der Waals surface area contributed by atoms with Crippen LogP contribution in [0.15, 0.2) is 29.1 Å². The van der Waals surface area contributed by atoms with Crippen molar-refractivity contribution in [3.63, 3.8) is 0 Å². The van der Waals surface area contributed by atoms with Crippen LogP contribution in [0, 0.1) is 0 Å². The number of ether oxygens (including phenoxy) is 2. The molecule has 154 valence electrons. The van der Waals surface area contributed by atoms with E-state index < -0.39 is 6.10 Å². The smallest absolute Gasteiger partial charge is 0.298 e. The van der Waals surface area contributed by atoms with Crippen molar-refractivity contribution in [2.24, 2.45) is 0 Å². The highest BCUT2D eigenvalue weighted by atomic mass is 16.5. The van der Waals surface area contributed by atoms with Gasteiger partial charge in [-0.3, -0.25) is 9.59 Å². The van der Waals surface area contributed by atoms with Gasteiger partial charge in [0.2, 0.25) is 0 Å². The molecule has 1 aliphatic heterocycles. The first-order valence-corrected chi connectivity index (χ1v) is 9.49. The summed E-state index contributed by atoms with van der Waals surface area (Å²) in [5.74, 6) is 0.417. The Morgan fingerprint density at radius 3 is 2.73 bits per heavy atom. The minimum absolute atomic E-state index is 0.0157. The molecule has 0 saturated carbocycles. The van der Waals surface area contributed by atoms with Crippen molar-refractivity contribution in [3.8, 4) is 17.1 Å². The van der Waals surface area contributed by atoms with Crippen molar-refractivity contribution in [1.29, 1.82) is 0 Å². The fourth-order valence-electron chi connectivity index (χ4n) is 4.11. The molecule has 3 aromatic rings. The molecule has 0 amide bonds. The quantitative estimate of drug-likeness (QED) is 0.465. The van der Waals surface area contributed by atoms with Crippen LogP contribution in [0.2, 0.25) is 0 Å². The van der Waals surface area contributed by atoms with Gasteiger partial charge in [-0.05, 0) is 36.2 Å². The van der Waals surface area contributed by atoms with E-state index in [1.54, 1.807) is 28.8 Å². The number of aliphatic hydroxyl groups is 1. The summed E-state index contributed by atoms with van der Waals surface area (Å²) < 4.78 is 11.7. The lowest BCUT2D eigenvalue weighted by Crippen LogP contribution is -2.26. The Labute approximate surface area is 171 Å². The molecule has 0 radical (unpaired) electrons. The number of nitrogens with zero attached hydrogens (tertiary/aromatic N) is 2. The van der Waals surface area contributed by atoms with E-state index in [0.29, 0.717) is 48.4 Å². The van der Waals surface area contributed by atoms with Gasteiger partial charge in [0, 0.05) is 29.2 Å². The van der Waals surface area contributed by atoms with Gasteiger partial charge in [-0.2, -0.15) is 0 Å². The summed E-state index contributed by atoms with van der Waals surface area (Å²) in [6, 6.07) is 6.82. The van der Waals surface area contributed by atoms with E-state index in [2.05, 4.69) is 0 Å². The summed E-state index contributed by atoms with van der Waals surface area (Å²) in [5.41, 5.74) is 3.94. The maximum absolute atomic E-state index is 13.2. The number of aldehydes is 1. The lowest BCUT2D eigenvalue weighted by atomic mass is 9.98. The first-order valence-electron chi connectivity index (χ1n) is 9.49. The molecule has 1 atom stereocenters. The van der Waals surface area contributed by atoms with Crippen LogP contribution in [0.3, 0.4) is 0 Å². The van der Waals surface area contributed by atoms with Crippen LogP contribution in [-0.4, -0.2) is 34.5 Å². The third-order valence-corrected chi connectivity index (χ3v) is 5.44. The predicted molar refractivity (Wildman–Crippen MR) is 108 cm³/mol. The summed E-state index contributed by atoms with van der Waals surface area (Å²) in [6.45, 7) is 2.69. The molecular formula is C22H20N2O6. The van der Waals surface area contributed by atoms with Gasteiger partial charge in [0.25, 0.3) is 12.0 Å². The molecule has 8 heteroatoms. The number of methoxy groups -OCH3 is 1. The SMILES string of the molecule is CCc1c2c(nc3ccc(OC=O)cc13)-c1cc(C(O)C=O)c(COC)c(=O)n1C2. The third-order valence-electron chi connectivity index (χ3n) is 5.44. The number of carbonyl (C=O) groups excluding carboxylic acids is 2. The molecule has 4 rings (SSSR count). The second-order valence-corrected chi connectivity index (χ2v) is 7.03. The highest BCUT2D eigenvalue weighted by Crippen LogP contribution is 2.37. The van der Waals surface area contributed by atoms with Crippen molar-refractivity contribution >= 4 is 23.7 Å². The summed E-state index contributed by atoms with van der Waals surface area (Å²) in [5, 5.41) is 11.0. The number of hydrogen-bond acceptors (Lipinski definition) is 7. The van der Waals surface area contributed by atoms with E-state index in [1.807, 2.05) is 6.92 Å². The van der Waals surface area contributed by atoms with E-state index >= 15 is 0 Å². The van der Waals surface area contributed by atoms with Crippen molar-refractivity contribution in [1.82, 2.24) is 9.55 Å². The Kier molecular flexibility index (Phi) is 5.19. The summed E-state index contributed by atoms with van der Waals surface area (Å²) in [4.78, 5) is 39.8. The molecule has 2 aromatic heterocycles. The minimum atomic E-state index is -1.42. The summed E-state index contributed by atoms with van der Waals surface area (Å²) >= 11 is 0. The standard InChI is InChI=1S/C22H20N2O6/c1-3-13-14-6-12(30-11-26)4-5-18(14)23-21-16(13)8-24-19(21)7-15(20(27)9-25)17(10-29-2)22(24)28/h4-7,9,11,20,27H,3,8,10H2,1-2H3.